The minimum Gasteiger partial charge on any atom is -0.485 e. The third kappa shape index (κ3) is 5.46. The highest BCUT2D eigenvalue weighted by Gasteiger charge is 2.26. The van der Waals surface area contributed by atoms with Gasteiger partial charge in [-0.2, -0.15) is 0 Å². The molecule has 0 spiro atoms. The second-order valence-electron chi connectivity index (χ2n) is 7.66. The maximum Gasteiger partial charge on any atom is 0.265 e. The summed E-state index contributed by atoms with van der Waals surface area (Å²) in [4.78, 5) is 40.9. The van der Waals surface area contributed by atoms with E-state index in [1.54, 1.807) is 28.0 Å². The molecule has 0 bridgehead atoms. The Morgan fingerprint density at radius 3 is 2.59 bits per heavy atom. The average Bonchev–Trinajstić information content (AvgIpc) is 2.80. The maximum atomic E-state index is 12.7. The van der Waals surface area contributed by atoms with E-state index in [1.807, 2.05) is 45.0 Å². The lowest BCUT2D eigenvalue weighted by Crippen LogP contribution is -2.40. The van der Waals surface area contributed by atoms with Crippen LogP contribution in [0.5, 0.6) is 11.5 Å². The van der Waals surface area contributed by atoms with Gasteiger partial charge in [0.05, 0.1) is 5.69 Å². The summed E-state index contributed by atoms with van der Waals surface area (Å²) in [5.41, 5.74) is 1.95. The van der Waals surface area contributed by atoms with Gasteiger partial charge in [0.2, 0.25) is 5.91 Å². The van der Waals surface area contributed by atoms with Gasteiger partial charge >= 0.3 is 0 Å². The first-order chi connectivity index (χ1) is 15.4. The Balaban J connectivity index is 1.68. The third-order valence-electron chi connectivity index (χ3n) is 5.56. The van der Waals surface area contributed by atoms with Crippen molar-refractivity contribution in [2.24, 2.45) is 0 Å². The van der Waals surface area contributed by atoms with Crippen LogP contribution in [0.15, 0.2) is 42.5 Å². The van der Waals surface area contributed by atoms with E-state index in [1.165, 1.54) is 0 Å². The maximum absolute atomic E-state index is 12.7. The number of amides is 2. The Kier molecular flexibility index (Phi) is 7.87. The zero-order valence-electron chi connectivity index (χ0n) is 18.9. The summed E-state index contributed by atoms with van der Waals surface area (Å²) in [6.45, 7) is 7.39. The summed E-state index contributed by atoms with van der Waals surface area (Å²) in [6.07, 6.45) is 0.902. The highest BCUT2D eigenvalue weighted by atomic mass is 16.5. The van der Waals surface area contributed by atoms with E-state index in [2.05, 4.69) is 0 Å². The first-order valence-corrected chi connectivity index (χ1v) is 11.0. The molecule has 1 heterocycles. The molecule has 7 heteroatoms. The second-order valence-corrected chi connectivity index (χ2v) is 7.66. The van der Waals surface area contributed by atoms with Crippen molar-refractivity contribution in [1.82, 2.24) is 4.90 Å². The Labute approximate surface area is 188 Å². The molecule has 3 rings (SSSR count). The van der Waals surface area contributed by atoms with Crippen LogP contribution in [-0.4, -0.2) is 55.3 Å². The summed E-state index contributed by atoms with van der Waals surface area (Å²) in [5, 5.41) is 0. The van der Waals surface area contributed by atoms with Crippen molar-refractivity contribution >= 4 is 23.3 Å². The van der Waals surface area contributed by atoms with Crippen molar-refractivity contribution in [3.05, 3.63) is 53.6 Å². The van der Waals surface area contributed by atoms with Gasteiger partial charge in [-0.3, -0.25) is 14.4 Å². The number of ketones is 1. The first-order valence-electron chi connectivity index (χ1n) is 11.0. The summed E-state index contributed by atoms with van der Waals surface area (Å²) < 4.78 is 11.2. The van der Waals surface area contributed by atoms with Gasteiger partial charge in [-0.15, -0.1) is 0 Å². The zero-order chi connectivity index (χ0) is 23.1. The van der Waals surface area contributed by atoms with Crippen molar-refractivity contribution in [1.29, 1.82) is 0 Å². The van der Waals surface area contributed by atoms with Crippen LogP contribution in [0.4, 0.5) is 5.69 Å². The number of aryl methyl sites for hydroxylation is 1. The van der Waals surface area contributed by atoms with Crippen LogP contribution in [0.1, 0.15) is 42.6 Å². The number of ether oxygens (including phenoxy) is 2. The number of fused-ring (bicyclic) bond motifs is 1. The van der Waals surface area contributed by atoms with Gasteiger partial charge in [0.15, 0.2) is 19.0 Å². The molecule has 2 aromatic rings. The van der Waals surface area contributed by atoms with E-state index in [0.29, 0.717) is 55.2 Å². The number of Topliss-reactive ketones (excluding diaryl/α,β-unsaturated/α-hetero) is 1. The van der Waals surface area contributed by atoms with E-state index in [4.69, 9.17) is 9.47 Å². The topological polar surface area (TPSA) is 76.2 Å². The number of anilines is 1. The fourth-order valence-electron chi connectivity index (χ4n) is 3.69. The van der Waals surface area contributed by atoms with Crippen molar-refractivity contribution in [3.8, 4) is 11.5 Å². The molecule has 0 unspecified atom stereocenters. The van der Waals surface area contributed by atoms with Crippen molar-refractivity contribution in [2.45, 2.75) is 33.6 Å². The molecule has 0 aromatic heterocycles. The molecule has 0 saturated heterocycles. The molecule has 0 N–H and O–H groups in total. The van der Waals surface area contributed by atoms with Crippen LogP contribution >= 0.6 is 0 Å². The first kappa shape index (κ1) is 23.3. The molecule has 0 atom stereocenters. The SMILES string of the molecule is CCN(CC)C(=O)CCCN1C(=O)COc2ccc(C(=O)COc3ccccc3C)cc21. The fourth-order valence-corrected chi connectivity index (χ4v) is 3.69. The van der Waals surface area contributed by atoms with Crippen molar-refractivity contribution in [2.75, 3.05) is 37.7 Å². The summed E-state index contributed by atoms with van der Waals surface area (Å²) in [7, 11) is 0. The molecular weight excluding hydrogens is 408 g/mol. The standard InChI is InChI=1S/C25H30N2O5/c1-4-26(5-2)24(29)11-8-14-27-20-15-19(12-13-23(20)32-17-25(27)30)21(28)16-31-22-10-7-6-9-18(22)3/h6-7,9-10,12-13,15H,4-5,8,11,14,16-17H2,1-3H3. The number of benzene rings is 2. The fraction of sp³-hybridized carbons (Fsp3) is 0.400. The molecule has 0 aliphatic carbocycles. The Hall–Kier alpha value is -3.35. The van der Waals surface area contributed by atoms with Crippen LogP contribution in [-0.2, 0) is 9.59 Å². The Bertz CT molecular complexity index is 984. The molecule has 0 radical (unpaired) electrons. The summed E-state index contributed by atoms with van der Waals surface area (Å²) in [6, 6.07) is 12.6. The lowest BCUT2D eigenvalue weighted by molar-refractivity contribution is -0.131. The summed E-state index contributed by atoms with van der Waals surface area (Å²) >= 11 is 0. The minimum atomic E-state index is -0.189. The lowest BCUT2D eigenvalue weighted by atomic mass is 10.1. The molecule has 1 aliphatic heterocycles. The number of para-hydroxylation sites is 1. The number of hydrogen-bond acceptors (Lipinski definition) is 5. The number of carbonyl (C=O) groups excluding carboxylic acids is 3. The largest absolute Gasteiger partial charge is 0.485 e. The predicted octanol–water partition coefficient (Wildman–Crippen LogP) is 3.63. The van der Waals surface area contributed by atoms with Gasteiger partial charge in [0.1, 0.15) is 11.5 Å². The molecule has 7 nitrogen and oxygen atoms in total. The zero-order valence-corrected chi connectivity index (χ0v) is 18.9. The lowest BCUT2D eigenvalue weighted by Gasteiger charge is -2.30. The van der Waals surface area contributed by atoms with Crippen LogP contribution in [0.25, 0.3) is 0 Å². The van der Waals surface area contributed by atoms with E-state index in [9.17, 15) is 14.4 Å². The quantitative estimate of drug-likeness (QED) is 0.530. The van der Waals surface area contributed by atoms with Gasteiger partial charge in [-0.1, -0.05) is 18.2 Å². The van der Waals surface area contributed by atoms with Crippen LogP contribution in [0, 0.1) is 6.92 Å². The van der Waals surface area contributed by atoms with Gasteiger partial charge < -0.3 is 19.3 Å². The minimum absolute atomic E-state index is 0.0549. The van der Waals surface area contributed by atoms with E-state index >= 15 is 0 Å². The van der Waals surface area contributed by atoms with E-state index in [-0.39, 0.29) is 30.8 Å². The van der Waals surface area contributed by atoms with Gasteiger partial charge in [0.25, 0.3) is 5.91 Å². The number of hydrogen-bond donors (Lipinski definition) is 0. The number of carbonyl (C=O) groups is 3. The molecule has 2 amide bonds. The second kappa shape index (κ2) is 10.8. The molecular formula is C25H30N2O5. The van der Waals surface area contributed by atoms with Crippen LogP contribution < -0.4 is 14.4 Å². The molecule has 1 aliphatic rings. The highest BCUT2D eigenvalue weighted by Crippen LogP contribution is 2.33. The van der Waals surface area contributed by atoms with Crippen molar-refractivity contribution < 1.29 is 23.9 Å². The van der Waals surface area contributed by atoms with E-state index in [0.717, 1.165) is 5.56 Å². The molecule has 32 heavy (non-hydrogen) atoms. The van der Waals surface area contributed by atoms with E-state index < -0.39 is 0 Å². The Morgan fingerprint density at radius 2 is 1.88 bits per heavy atom. The van der Waals surface area contributed by atoms with Crippen LogP contribution in [0.3, 0.4) is 0 Å². The smallest absolute Gasteiger partial charge is 0.265 e. The summed E-state index contributed by atoms with van der Waals surface area (Å²) in [5.74, 6) is 0.917. The van der Waals surface area contributed by atoms with Gasteiger partial charge in [-0.25, -0.2) is 0 Å². The molecule has 2 aromatic carbocycles. The predicted molar refractivity (Wildman–Crippen MR) is 122 cm³/mol. The normalized spacial score (nSPS) is 12.7. The number of rotatable bonds is 10. The monoisotopic (exact) mass is 438 g/mol. The highest BCUT2D eigenvalue weighted by molar-refractivity contribution is 6.02. The molecule has 170 valence electrons. The molecule has 0 saturated carbocycles. The van der Waals surface area contributed by atoms with Gasteiger partial charge in [-0.05, 0) is 57.0 Å². The van der Waals surface area contributed by atoms with Crippen molar-refractivity contribution in [3.63, 3.8) is 0 Å². The molecule has 0 fully saturated rings. The van der Waals surface area contributed by atoms with Crippen LogP contribution in [0.2, 0.25) is 0 Å². The Morgan fingerprint density at radius 1 is 1.12 bits per heavy atom. The number of nitrogens with zero attached hydrogens (tertiary/aromatic N) is 2. The average molecular weight is 439 g/mol. The third-order valence-corrected chi connectivity index (χ3v) is 5.56. The van der Waals surface area contributed by atoms with Gasteiger partial charge in [0, 0.05) is 31.6 Å².